The van der Waals surface area contributed by atoms with Crippen LogP contribution in [0.3, 0.4) is 0 Å². The van der Waals surface area contributed by atoms with Crippen LogP contribution in [0.1, 0.15) is 52.9 Å². The lowest BCUT2D eigenvalue weighted by molar-refractivity contribution is 0.292. The van der Waals surface area contributed by atoms with Crippen LogP contribution in [0.15, 0.2) is 0 Å². The molecule has 3 nitrogen and oxygen atoms in total. The monoisotopic (exact) mass is 255 g/mol. The van der Waals surface area contributed by atoms with Gasteiger partial charge in [0.2, 0.25) is 0 Å². The normalized spacial score (nSPS) is 22.3. The molecule has 1 saturated heterocycles. The highest BCUT2D eigenvalue weighted by molar-refractivity contribution is 4.76. The highest BCUT2D eigenvalue weighted by atomic mass is 15.1. The number of hydrogen-bond acceptors (Lipinski definition) is 3. The molecule has 1 rings (SSSR count). The van der Waals surface area contributed by atoms with Gasteiger partial charge in [-0.05, 0) is 65.3 Å². The zero-order valence-corrected chi connectivity index (χ0v) is 12.7. The Balaban J connectivity index is 2.00. The van der Waals surface area contributed by atoms with Gasteiger partial charge in [0.15, 0.2) is 0 Å². The summed E-state index contributed by atoms with van der Waals surface area (Å²) < 4.78 is 0. The summed E-state index contributed by atoms with van der Waals surface area (Å²) in [5, 5.41) is 7.30. The van der Waals surface area contributed by atoms with Crippen molar-refractivity contribution in [2.45, 2.75) is 65.0 Å². The molecule has 18 heavy (non-hydrogen) atoms. The number of hydrogen-bond donors (Lipinski definition) is 2. The van der Waals surface area contributed by atoms with Crippen LogP contribution in [0.25, 0.3) is 0 Å². The fraction of sp³-hybridized carbons (Fsp3) is 1.00. The molecule has 3 heteroatoms. The van der Waals surface area contributed by atoms with Gasteiger partial charge in [-0.1, -0.05) is 20.3 Å². The summed E-state index contributed by atoms with van der Waals surface area (Å²) in [4.78, 5) is 2.50. The number of nitrogens with zero attached hydrogens (tertiary/aromatic N) is 1. The van der Waals surface area contributed by atoms with Crippen molar-refractivity contribution in [1.82, 2.24) is 15.5 Å². The van der Waals surface area contributed by atoms with Crippen LogP contribution in [0.5, 0.6) is 0 Å². The fourth-order valence-corrected chi connectivity index (χ4v) is 2.83. The SMILES string of the molecule is CCN(CC)CCCNC(C)CC1CCCCN1. The molecule has 0 bridgehead atoms. The van der Waals surface area contributed by atoms with E-state index in [1.165, 1.54) is 58.3 Å². The average Bonchev–Trinajstić information content (AvgIpc) is 2.40. The first kappa shape index (κ1) is 15.9. The largest absolute Gasteiger partial charge is 0.314 e. The summed E-state index contributed by atoms with van der Waals surface area (Å²) in [5.41, 5.74) is 0. The van der Waals surface area contributed by atoms with Gasteiger partial charge in [0.1, 0.15) is 0 Å². The minimum absolute atomic E-state index is 0.650. The second kappa shape index (κ2) is 9.76. The summed E-state index contributed by atoms with van der Waals surface area (Å²) in [6.45, 7) is 12.8. The zero-order valence-electron chi connectivity index (χ0n) is 12.7. The second-order valence-corrected chi connectivity index (χ2v) is 5.62. The van der Waals surface area contributed by atoms with Gasteiger partial charge in [0.25, 0.3) is 0 Å². The lowest BCUT2D eigenvalue weighted by Gasteiger charge is -2.27. The standard InChI is InChI=1S/C15H33N3/c1-4-18(5-2)12-8-11-16-14(3)13-15-9-6-7-10-17-15/h14-17H,4-13H2,1-3H3. The Kier molecular flexibility index (Phi) is 8.64. The van der Waals surface area contributed by atoms with Crippen LogP contribution in [0, 0.1) is 0 Å². The van der Waals surface area contributed by atoms with Crippen LogP contribution >= 0.6 is 0 Å². The maximum absolute atomic E-state index is 3.67. The second-order valence-electron chi connectivity index (χ2n) is 5.62. The van der Waals surface area contributed by atoms with Gasteiger partial charge in [0.05, 0.1) is 0 Å². The van der Waals surface area contributed by atoms with Crippen molar-refractivity contribution in [3.63, 3.8) is 0 Å². The van der Waals surface area contributed by atoms with Gasteiger partial charge in [-0.25, -0.2) is 0 Å². The summed E-state index contributed by atoms with van der Waals surface area (Å²) in [6.07, 6.45) is 6.69. The summed E-state index contributed by atoms with van der Waals surface area (Å²) >= 11 is 0. The third-order valence-electron chi connectivity index (χ3n) is 4.09. The number of nitrogens with one attached hydrogen (secondary N) is 2. The lowest BCUT2D eigenvalue weighted by atomic mass is 9.99. The van der Waals surface area contributed by atoms with Crippen molar-refractivity contribution in [3.05, 3.63) is 0 Å². The van der Waals surface area contributed by atoms with Crippen LogP contribution in [-0.2, 0) is 0 Å². The van der Waals surface area contributed by atoms with Gasteiger partial charge in [-0.3, -0.25) is 0 Å². The Hall–Kier alpha value is -0.120. The molecular formula is C15H33N3. The Labute approximate surface area is 114 Å². The van der Waals surface area contributed by atoms with E-state index in [0.717, 1.165) is 12.6 Å². The van der Waals surface area contributed by atoms with E-state index < -0.39 is 0 Å². The van der Waals surface area contributed by atoms with Crippen molar-refractivity contribution in [1.29, 1.82) is 0 Å². The molecule has 0 aliphatic carbocycles. The summed E-state index contributed by atoms with van der Waals surface area (Å²) in [7, 11) is 0. The summed E-state index contributed by atoms with van der Waals surface area (Å²) in [6, 6.07) is 1.40. The molecule has 1 heterocycles. The number of piperidine rings is 1. The Morgan fingerprint density at radius 2 is 2.06 bits per heavy atom. The minimum Gasteiger partial charge on any atom is -0.314 e. The fourth-order valence-electron chi connectivity index (χ4n) is 2.83. The lowest BCUT2D eigenvalue weighted by Crippen LogP contribution is -2.40. The minimum atomic E-state index is 0.650. The molecular weight excluding hydrogens is 222 g/mol. The Morgan fingerprint density at radius 1 is 1.28 bits per heavy atom. The molecule has 2 atom stereocenters. The molecule has 1 fully saturated rings. The van der Waals surface area contributed by atoms with Crippen molar-refractivity contribution >= 4 is 0 Å². The maximum Gasteiger partial charge on any atom is 0.00817 e. The molecule has 0 radical (unpaired) electrons. The predicted octanol–water partition coefficient (Wildman–Crippen LogP) is 2.23. The van der Waals surface area contributed by atoms with Gasteiger partial charge >= 0.3 is 0 Å². The van der Waals surface area contributed by atoms with Gasteiger partial charge < -0.3 is 15.5 Å². The molecule has 0 aromatic heterocycles. The first-order valence-electron chi connectivity index (χ1n) is 7.95. The quantitative estimate of drug-likeness (QED) is 0.619. The van der Waals surface area contributed by atoms with Gasteiger partial charge in [-0.2, -0.15) is 0 Å². The van der Waals surface area contributed by atoms with E-state index in [1.54, 1.807) is 0 Å². The van der Waals surface area contributed by atoms with Crippen molar-refractivity contribution < 1.29 is 0 Å². The molecule has 0 aromatic rings. The highest BCUT2D eigenvalue weighted by Crippen LogP contribution is 2.11. The molecule has 0 saturated carbocycles. The topological polar surface area (TPSA) is 27.3 Å². The van der Waals surface area contributed by atoms with Crippen LogP contribution in [0.4, 0.5) is 0 Å². The Bertz CT molecular complexity index is 186. The third kappa shape index (κ3) is 6.72. The van der Waals surface area contributed by atoms with Crippen molar-refractivity contribution in [2.24, 2.45) is 0 Å². The van der Waals surface area contributed by atoms with Crippen LogP contribution < -0.4 is 10.6 Å². The van der Waals surface area contributed by atoms with Gasteiger partial charge in [0, 0.05) is 12.1 Å². The molecule has 2 unspecified atom stereocenters. The van der Waals surface area contributed by atoms with E-state index in [4.69, 9.17) is 0 Å². The first-order valence-corrected chi connectivity index (χ1v) is 7.95. The van der Waals surface area contributed by atoms with Crippen molar-refractivity contribution in [3.8, 4) is 0 Å². The molecule has 1 aliphatic heterocycles. The van der Waals surface area contributed by atoms with Crippen LogP contribution in [0.2, 0.25) is 0 Å². The molecule has 0 spiro atoms. The van der Waals surface area contributed by atoms with Gasteiger partial charge in [-0.15, -0.1) is 0 Å². The first-order chi connectivity index (χ1) is 8.76. The Morgan fingerprint density at radius 3 is 2.67 bits per heavy atom. The molecule has 2 N–H and O–H groups in total. The summed E-state index contributed by atoms with van der Waals surface area (Å²) in [5.74, 6) is 0. The van der Waals surface area contributed by atoms with E-state index >= 15 is 0 Å². The maximum atomic E-state index is 3.67. The number of rotatable bonds is 9. The van der Waals surface area contributed by atoms with E-state index in [-0.39, 0.29) is 0 Å². The van der Waals surface area contributed by atoms with E-state index in [1.807, 2.05) is 0 Å². The molecule has 0 amide bonds. The molecule has 108 valence electrons. The third-order valence-corrected chi connectivity index (χ3v) is 4.09. The van der Waals surface area contributed by atoms with Crippen LogP contribution in [-0.4, -0.2) is 49.7 Å². The van der Waals surface area contributed by atoms with E-state index in [0.29, 0.717) is 6.04 Å². The van der Waals surface area contributed by atoms with E-state index in [2.05, 4.69) is 36.3 Å². The van der Waals surface area contributed by atoms with E-state index in [9.17, 15) is 0 Å². The smallest absolute Gasteiger partial charge is 0.00817 e. The highest BCUT2D eigenvalue weighted by Gasteiger charge is 2.15. The molecule has 0 aromatic carbocycles. The zero-order chi connectivity index (χ0) is 13.2. The predicted molar refractivity (Wildman–Crippen MR) is 80.1 cm³/mol. The molecule has 1 aliphatic rings. The average molecular weight is 255 g/mol. The van der Waals surface area contributed by atoms with Crippen molar-refractivity contribution in [2.75, 3.05) is 32.7 Å².